The molecule has 0 aliphatic heterocycles. The Kier molecular flexibility index (Phi) is 5.89. The van der Waals surface area contributed by atoms with Crippen LogP contribution in [0, 0.1) is 0 Å². The third-order valence-electron chi connectivity index (χ3n) is 3.78. The number of rotatable bonds is 5. The molecule has 0 bridgehead atoms. The van der Waals surface area contributed by atoms with Crippen molar-refractivity contribution in [1.29, 1.82) is 0 Å². The molecule has 0 fully saturated rings. The van der Waals surface area contributed by atoms with Gasteiger partial charge in [-0.05, 0) is 47.7 Å². The molecule has 0 radical (unpaired) electrons. The van der Waals surface area contributed by atoms with Crippen LogP contribution in [0.3, 0.4) is 0 Å². The first-order valence-corrected chi connectivity index (χ1v) is 8.43. The molecular formula is C20H24ClNO2. The highest BCUT2D eigenvalue weighted by molar-refractivity contribution is 6.30. The molecule has 128 valence electrons. The highest BCUT2D eigenvalue weighted by atomic mass is 35.5. The summed E-state index contributed by atoms with van der Waals surface area (Å²) in [4.78, 5) is 12.2. The van der Waals surface area contributed by atoms with Gasteiger partial charge in [0.15, 0.2) is 6.10 Å². The van der Waals surface area contributed by atoms with Crippen molar-refractivity contribution in [3.05, 3.63) is 64.7 Å². The Labute approximate surface area is 149 Å². The number of halogens is 1. The molecule has 0 aromatic heterocycles. The van der Waals surface area contributed by atoms with Crippen molar-refractivity contribution in [1.82, 2.24) is 5.32 Å². The van der Waals surface area contributed by atoms with E-state index in [0.29, 0.717) is 17.3 Å². The molecule has 1 unspecified atom stereocenters. The lowest BCUT2D eigenvalue weighted by molar-refractivity contribution is -0.127. The van der Waals surface area contributed by atoms with Crippen LogP contribution in [0.1, 0.15) is 38.8 Å². The Morgan fingerprint density at radius 1 is 1.08 bits per heavy atom. The molecule has 0 saturated heterocycles. The highest BCUT2D eigenvalue weighted by Gasteiger charge is 2.16. The summed E-state index contributed by atoms with van der Waals surface area (Å²) in [5, 5.41) is 3.55. The molecule has 0 aliphatic rings. The van der Waals surface area contributed by atoms with E-state index in [1.54, 1.807) is 19.1 Å². The summed E-state index contributed by atoms with van der Waals surface area (Å²) in [7, 11) is 0. The van der Waals surface area contributed by atoms with Gasteiger partial charge >= 0.3 is 0 Å². The average Bonchev–Trinajstić information content (AvgIpc) is 2.53. The van der Waals surface area contributed by atoms with Gasteiger partial charge in [0, 0.05) is 11.6 Å². The van der Waals surface area contributed by atoms with E-state index in [9.17, 15) is 4.79 Å². The zero-order chi connectivity index (χ0) is 17.7. The summed E-state index contributed by atoms with van der Waals surface area (Å²) < 4.78 is 5.72. The molecule has 2 aromatic carbocycles. The minimum Gasteiger partial charge on any atom is -0.481 e. The van der Waals surface area contributed by atoms with Gasteiger partial charge in [-0.3, -0.25) is 4.79 Å². The fourth-order valence-electron chi connectivity index (χ4n) is 2.23. The zero-order valence-electron chi connectivity index (χ0n) is 14.6. The molecule has 2 aromatic rings. The maximum absolute atomic E-state index is 12.2. The minimum absolute atomic E-state index is 0.0973. The second-order valence-corrected chi connectivity index (χ2v) is 7.32. The van der Waals surface area contributed by atoms with Gasteiger partial charge in [-0.2, -0.15) is 0 Å². The largest absolute Gasteiger partial charge is 0.481 e. The second kappa shape index (κ2) is 7.71. The van der Waals surface area contributed by atoms with Crippen LogP contribution in [0.5, 0.6) is 5.75 Å². The van der Waals surface area contributed by atoms with Crippen LogP contribution in [0.25, 0.3) is 0 Å². The number of carbonyl (C=O) groups excluding carboxylic acids is 1. The Morgan fingerprint density at radius 2 is 1.67 bits per heavy atom. The predicted octanol–water partition coefficient (Wildman–Crippen LogP) is 4.72. The van der Waals surface area contributed by atoms with Crippen molar-refractivity contribution in [2.45, 2.75) is 45.8 Å². The first kappa shape index (κ1) is 18.3. The van der Waals surface area contributed by atoms with E-state index in [1.165, 1.54) is 5.56 Å². The topological polar surface area (TPSA) is 38.3 Å². The van der Waals surface area contributed by atoms with E-state index in [2.05, 4.69) is 26.1 Å². The molecule has 3 nitrogen and oxygen atoms in total. The van der Waals surface area contributed by atoms with E-state index >= 15 is 0 Å². The van der Waals surface area contributed by atoms with Gasteiger partial charge in [0.1, 0.15) is 5.75 Å². The van der Waals surface area contributed by atoms with Crippen LogP contribution in [0.15, 0.2) is 48.5 Å². The number of hydrogen-bond acceptors (Lipinski definition) is 2. The van der Waals surface area contributed by atoms with Gasteiger partial charge < -0.3 is 10.1 Å². The summed E-state index contributed by atoms with van der Waals surface area (Å²) >= 11 is 5.85. The fourth-order valence-corrected chi connectivity index (χ4v) is 2.35. The lowest BCUT2D eigenvalue weighted by Gasteiger charge is -2.20. The Morgan fingerprint density at radius 3 is 2.21 bits per heavy atom. The zero-order valence-corrected chi connectivity index (χ0v) is 15.4. The molecule has 0 heterocycles. The van der Waals surface area contributed by atoms with Gasteiger partial charge in [0.25, 0.3) is 5.91 Å². The standard InChI is InChI=1S/C20H24ClNO2/c1-14(19(23)22-13-15-5-9-17(21)10-6-15)24-18-11-7-16(8-12-18)20(2,3)4/h5-12,14H,13H2,1-4H3,(H,22,23). The van der Waals surface area contributed by atoms with Crippen molar-refractivity contribution in [3.8, 4) is 5.75 Å². The lowest BCUT2D eigenvalue weighted by Crippen LogP contribution is -2.35. The van der Waals surface area contributed by atoms with Crippen LogP contribution in [0.2, 0.25) is 5.02 Å². The predicted molar refractivity (Wildman–Crippen MR) is 98.5 cm³/mol. The SMILES string of the molecule is CC(Oc1ccc(C(C)(C)C)cc1)C(=O)NCc1ccc(Cl)cc1. The molecule has 2 rings (SSSR count). The van der Waals surface area contributed by atoms with Gasteiger partial charge in [-0.1, -0.05) is 56.6 Å². The van der Waals surface area contributed by atoms with E-state index < -0.39 is 6.10 Å². The fraction of sp³-hybridized carbons (Fsp3) is 0.350. The number of hydrogen-bond donors (Lipinski definition) is 1. The van der Waals surface area contributed by atoms with Gasteiger partial charge in [0.2, 0.25) is 0 Å². The van der Waals surface area contributed by atoms with E-state index in [1.807, 2.05) is 36.4 Å². The molecule has 0 saturated carbocycles. The van der Waals surface area contributed by atoms with E-state index in [0.717, 1.165) is 5.56 Å². The van der Waals surface area contributed by atoms with Crippen LogP contribution < -0.4 is 10.1 Å². The Balaban J connectivity index is 1.88. The molecule has 4 heteroatoms. The van der Waals surface area contributed by atoms with Crippen molar-refractivity contribution in [3.63, 3.8) is 0 Å². The summed E-state index contributed by atoms with van der Waals surface area (Å²) in [6.45, 7) is 8.68. The van der Waals surface area contributed by atoms with Gasteiger partial charge in [-0.25, -0.2) is 0 Å². The maximum atomic E-state index is 12.2. The molecular weight excluding hydrogens is 322 g/mol. The Bertz CT molecular complexity index is 672. The monoisotopic (exact) mass is 345 g/mol. The van der Waals surface area contributed by atoms with Crippen LogP contribution in [-0.2, 0) is 16.8 Å². The molecule has 0 aliphatic carbocycles. The smallest absolute Gasteiger partial charge is 0.261 e. The number of benzene rings is 2. The minimum atomic E-state index is -0.558. The molecule has 1 N–H and O–H groups in total. The third kappa shape index (κ3) is 5.27. The quantitative estimate of drug-likeness (QED) is 0.851. The summed E-state index contributed by atoms with van der Waals surface area (Å²) in [5.74, 6) is 0.544. The van der Waals surface area contributed by atoms with Gasteiger partial charge in [0.05, 0.1) is 0 Å². The number of ether oxygens (including phenoxy) is 1. The second-order valence-electron chi connectivity index (χ2n) is 6.88. The van der Waals surface area contributed by atoms with Crippen molar-refractivity contribution >= 4 is 17.5 Å². The molecule has 24 heavy (non-hydrogen) atoms. The lowest BCUT2D eigenvalue weighted by atomic mass is 9.87. The van der Waals surface area contributed by atoms with Crippen LogP contribution >= 0.6 is 11.6 Å². The van der Waals surface area contributed by atoms with Crippen molar-refractivity contribution in [2.75, 3.05) is 0 Å². The number of carbonyl (C=O) groups is 1. The summed E-state index contributed by atoms with van der Waals surface area (Å²) in [6, 6.07) is 15.3. The van der Waals surface area contributed by atoms with Crippen LogP contribution in [-0.4, -0.2) is 12.0 Å². The number of nitrogens with one attached hydrogen (secondary N) is 1. The van der Waals surface area contributed by atoms with E-state index in [-0.39, 0.29) is 11.3 Å². The summed E-state index contributed by atoms with van der Waals surface area (Å²) in [5.41, 5.74) is 2.32. The van der Waals surface area contributed by atoms with E-state index in [4.69, 9.17) is 16.3 Å². The van der Waals surface area contributed by atoms with Gasteiger partial charge in [-0.15, -0.1) is 0 Å². The van der Waals surface area contributed by atoms with Crippen LogP contribution in [0.4, 0.5) is 0 Å². The normalized spacial score (nSPS) is 12.5. The highest BCUT2D eigenvalue weighted by Crippen LogP contribution is 2.24. The number of amides is 1. The Hall–Kier alpha value is -2.00. The third-order valence-corrected chi connectivity index (χ3v) is 4.03. The first-order chi connectivity index (χ1) is 11.3. The van der Waals surface area contributed by atoms with Crippen molar-refractivity contribution < 1.29 is 9.53 Å². The first-order valence-electron chi connectivity index (χ1n) is 8.05. The molecule has 1 amide bonds. The molecule has 0 spiro atoms. The maximum Gasteiger partial charge on any atom is 0.261 e. The van der Waals surface area contributed by atoms with Crippen molar-refractivity contribution in [2.24, 2.45) is 0 Å². The average molecular weight is 346 g/mol. The summed E-state index contributed by atoms with van der Waals surface area (Å²) in [6.07, 6.45) is -0.558. The molecule has 1 atom stereocenters.